The molecule has 1 aliphatic rings. The van der Waals surface area contributed by atoms with Gasteiger partial charge in [0.15, 0.2) is 5.76 Å². The number of carboxylic acid groups (broad SMARTS) is 1. The summed E-state index contributed by atoms with van der Waals surface area (Å²) in [5, 5.41) is 8.92. The highest BCUT2D eigenvalue weighted by Crippen LogP contribution is 2.24. The Morgan fingerprint density at radius 3 is 2.62 bits per heavy atom. The van der Waals surface area contributed by atoms with Crippen LogP contribution < -0.4 is 4.74 Å². The Bertz CT molecular complexity index is 734. The van der Waals surface area contributed by atoms with Gasteiger partial charge < -0.3 is 19.2 Å². The van der Waals surface area contributed by atoms with Gasteiger partial charge in [0.05, 0.1) is 12.7 Å². The minimum atomic E-state index is -0.923. The molecule has 1 N–H and O–H groups in total. The maximum absolute atomic E-state index is 12.4. The molecule has 1 aromatic heterocycles. The Hall–Kier alpha value is -2.76. The van der Waals surface area contributed by atoms with Gasteiger partial charge >= 0.3 is 5.97 Å². The van der Waals surface area contributed by atoms with Crippen LogP contribution in [0.5, 0.6) is 5.95 Å². The molecule has 0 spiro atoms. The van der Waals surface area contributed by atoms with E-state index < -0.39 is 5.97 Å². The van der Waals surface area contributed by atoms with E-state index in [-0.39, 0.29) is 11.5 Å². The third kappa shape index (κ3) is 3.42. The topological polar surface area (TPSA) is 80.0 Å². The van der Waals surface area contributed by atoms with Crippen LogP contribution in [-0.2, 0) is 6.42 Å². The highest BCUT2D eigenvalue weighted by Gasteiger charge is 2.28. The molecular formula is C18H19NO5. The zero-order valence-electron chi connectivity index (χ0n) is 13.4. The van der Waals surface area contributed by atoms with E-state index in [1.165, 1.54) is 7.11 Å². The first-order valence-electron chi connectivity index (χ1n) is 7.82. The fraction of sp³-hybridized carbons (Fsp3) is 0.333. The van der Waals surface area contributed by atoms with E-state index in [1.54, 1.807) is 29.2 Å². The van der Waals surface area contributed by atoms with Crippen molar-refractivity contribution in [2.75, 3.05) is 20.2 Å². The number of aromatic carboxylic acids is 1. The molecule has 1 amide bonds. The van der Waals surface area contributed by atoms with Crippen LogP contribution in [0.25, 0.3) is 0 Å². The Morgan fingerprint density at radius 2 is 2.00 bits per heavy atom. The monoisotopic (exact) mass is 329 g/mol. The number of furan rings is 1. The van der Waals surface area contributed by atoms with Gasteiger partial charge in [-0.15, -0.1) is 0 Å². The van der Waals surface area contributed by atoms with E-state index in [9.17, 15) is 9.59 Å². The van der Waals surface area contributed by atoms with Gasteiger partial charge in [-0.05, 0) is 42.5 Å². The number of hydrogen-bond acceptors (Lipinski definition) is 4. The van der Waals surface area contributed by atoms with Crippen molar-refractivity contribution in [1.29, 1.82) is 0 Å². The molecule has 3 rings (SSSR count). The van der Waals surface area contributed by atoms with E-state index >= 15 is 0 Å². The third-order valence-electron chi connectivity index (χ3n) is 4.29. The lowest BCUT2D eigenvalue weighted by molar-refractivity contribution is 0.0695. The average Bonchev–Trinajstić information content (AvgIpc) is 3.24. The minimum absolute atomic E-state index is 0.123. The molecule has 1 aliphatic heterocycles. The van der Waals surface area contributed by atoms with Gasteiger partial charge in [-0.25, -0.2) is 4.79 Å². The van der Waals surface area contributed by atoms with Crippen molar-refractivity contribution < 1.29 is 23.8 Å². The number of amides is 1. The van der Waals surface area contributed by atoms with Gasteiger partial charge in [0.2, 0.25) is 0 Å². The average molecular weight is 329 g/mol. The Labute approximate surface area is 139 Å². The van der Waals surface area contributed by atoms with Gasteiger partial charge in [-0.3, -0.25) is 4.79 Å². The first kappa shape index (κ1) is 16.1. The van der Waals surface area contributed by atoms with E-state index in [2.05, 4.69) is 0 Å². The van der Waals surface area contributed by atoms with Crippen LogP contribution in [0.2, 0.25) is 0 Å². The van der Waals surface area contributed by atoms with Crippen molar-refractivity contribution in [3.8, 4) is 5.95 Å². The number of likely N-dealkylation sites (tertiary alicyclic amines) is 1. The summed E-state index contributed by atoms with van der Waals surface area (Å²) < 4.78 is 10.3. The van der Waals surface area contributed by atoms with Crippen molar-refractivity contribution in [3.05, 3.63) is 53.3 Å². The lowest BCUT2D eigenvalue weighted by Crippen LogP contribution is -2.28. The summed E-state index contributed by atoms with van der Waals surface area (Å²) in [5.41, 5.74) is 1.37. The molecule has 6 heteroatoms. The summed E-state index contributed by atoms with van der Waals surface area (Å²) >= 11 is 0. The molecule has 1 saturated heterocycles. The number of benzene rings is 1. The smallest absolute Gasteiger partial charge is 0.335 e. The maximum atomic E-state index is 12.4. The van der Waals surface area contributed by atoms with Crippen LogP contribution in [0.4, 0.5) is 0 Å². The molecule has 0 bridgehead atoms. The van der Waals surface area contributed by atoms with Crippen molar-refractivity contribution in [1.82, 2.24) is 4.90 Å². The van der Waals surface area contributed by atoms with Crippen molar-refractivity contribution in [3.63, 3.8) is 0 Å². The third-order valence-corrected chi connectivity index (χ3v) is 4.29. The first-order chi connectivity index (χ1) is 11.6. The number of carboxylic acids is 1. The van der Waals surface area contributed by atoms with Crippen LogP contribution >= 0.6 is 0 Å². The summed E-state index contributed by atoms with van der Waals surface area (Å²) in [4.78, 5) is 25.1. The lowest BCUT2D eigenvalue weighted by atomic mass is 9.98. The fourth-order valence-electron chi connectivity index (χ4n) is 3.00. The zero-order chi connectivity index (χ0) is 17.1. The maximum Gasteiger partial charge on any atom is 0.335 e. The predicted molar refractivity (Wildman–Crippen MR) is 86.4 cm³/mol. The highest BCUT2D eigenvalue weighted by molar-refractivity contribution is 5.91. The molecule has 0 aliphatic carbocycles. The first-order valence-corrected chi connectivity index (χ1v) is 7.82. The van der Waals surface area contributed by atoms with E-state index in [4.69, 9.17) is 14.3 Å². The number of nitrogens with zero attached hydrogens (tertiary/aromatic N) is 1. The van der Waals surface area contributed by atoms with Crippen molar-refractivity contribution >= 4 is 11.9 Å². The second-order valence-corrected chi connectivity index (χ2v) is 5.93. The summed E-state index contributed by atoms with van der Waals surface area (Å²) in [6.45, 7) is 1.36. The van der Waals surface area contributed by atoms with E-state index in [0.29, 0.717) is 30.7 Å². The molecule has 0 unspecified atom stereocenters. The Kier molecular flexibility index (Phi) is 4.55. The van der Waals surface area contributed by atoms with E-state index in [1.807, 2.05) is 12.1 Å². The molecule has 0 saturated carbocycles. The molecular weight excluding hydrogens is 310 g/mol. The lowest BCUT2D eigenvalue weighted by Gasteiger charge is -2.15. The van der Waals surface area contributed by atoms with Gasteiger partial charge in [-0.2, -0.15) is 0 Å². The minimum Gasteiger partial charge on any atom is -0.478 e. The summed E-state index contributed by atoms with van der Waals surface area (Å²) in [6.07, 6.45) is 1.75. The second-order valence-electron chi connectivity index (χ2n) is 5.93. The zero-order valence-corrected chi connectivity index (χ0v) is 13.4. The molecule has 24 heavy (non-hydrogen) atoms. The fourth-order valence-corrected chi connectivity index (χ4v) is 3.00. The molecule has 1 aromatic carbocycles. The van der Waals surface area contributed by atoms with Crippen LogP contribution in [0.1, 0.15) is 32.9 Å². The number of carbonyl (C=O) groups excluding carboxylic acids is 1. The summed E-state index contributed by atoms with van der Waals surface area (Å²) in [7, 11) is 1.49. The molecule has 1 atom stereocenters. The van der Waals surface area contributed by atoms with Gasteiger partial charge in [-0.1, -0.05) is 12.1 Å². The molecule has 6 nitrogen and oxygen atoms in total. The Balaban J connectivity index is 1.58. The molecule has 1 fully saturated rings. The number of carbonyl (C=O) groups is 2. The molecule has 2 aromatic rings. The number of hydrogen-bond donors (Lipinski definition) is 1. The molecule has 0 radical (unpaired) electrons. The normalized spacial score (nSPS) is 17.0. The van der Waals surface area contributed by atoms with Crippen LogP contribution in [-0.4, -0.2) is 42.1 Å². The SMILES string of the molecule is COc1ccc(C(=O)N2CC[C@@H](Cc3ccc(C(=O)O)cc3)C2)o1. The summed E-state index contributed by atoms with van der Waals surface area (Å²) in [6, 6.07) is 10.2. The Morgan fingerprint density at radius 1 is 1.25 bits per heavy atom. The largest absolute Gasteiger partial charge is 0.478 e. The van der Waals surface area contributed by atoms with Crippen molar-refractivity contribution in [2.24, 2.45) is 5.92 Å². The molecule has 126 valence electrons. The van der Waals surface area contributed by atoms with Crippen LogP contribution in [0, 0.1) is 5.92 Å². The highest BCUT2D eigenvalue weighted by atomic mass is 16.6. The number of methoxy groups -OCH3 is 1. The predicted octanol–water partition coefficient (Wildman–Crippen LogP) is 2.69. The van der Waals surface area contributed by atoms with Gasteiger partial charge in [0.25, 0.3) is 11.9 Å². The van der Waals surface area contributed by atoms with E-state index in [0.717, 1.165) is 18.4 Å². The summed E-state index contributed by atoms with van der Waals surface area (Å²) in [5.74, 6) is -0.0671. The molecule has 2 heterocycles. The standard InChI is InChI=1S/C18H19NO5/c1-23-16-7-6-15(24-16)17(20)19-9-8-13(11-19)10-12-2-4-14(5-3-12)18(21)22/h2-7,13H,8-11H2,1H3,(H,21,22)/t13-/m0/s1. The van der Waals surface area contributed by atoms with Crippen LogP contribution in [0.15, 0.2) is 40.8 Å². The number of ether oxygens (including phenoxy) is 1. The van der Waals surface area contributed by atoms with Crippen LogP contribution in [0.3, 0.4) is 0 Å². The quantitative estimate of drug-likeness (QED) is 0.912. The van der Waals surface area contributed by atoms with Crippen molar-refractivity contribution in [2.45, 2.75) is 12.8 Å². The van der Waals surface area contributed by atoms with Gasteiger partial charge in [0, 0.05) is 19.2 Å². The number of rotatable bonds is 5. The second kappa shape index (κ2) is 6.78. The van der Waals surface area contributed by atoms with Gasteiger partial charge in [0.1, 0.15) is 0 Å².